The number of hydrogen-bond donors (Lipinski definition) is 0. The van der Waals surface area contributed by atoms with Gasteiger partial charge in [-0.3, -0.25) is 0 Å². The van der Waals surface area contributed by atoms with Gasteiger partial charge in [0.15, 0.2) is 0 Å². The van der Waals surface area contributed by atoms with Gasteiger partial charge in [-0.2, -0.15) is 0 Å². The van der Waals surface area contributed by atoms with Crippen molar-refractivity contribution >= 4 is 18.7 Å². The van der Waals surface area contributed by atoms with Gasteiger partial charge in [0.2, 0.25) is 0 Å². The second-order valence-corrected chi connectivity index (χ2v) is 10.8. The van der Waals surface area contributed by atoms with Gasteiger partial charge in [-0.15, -0.1) is 0 Å². The highest BCUT2D eigenvalue weighted by Gasteiger charge is 2.52. The van der Waals surface area contributed by atoms with Crippen LogP contribution in [0.2, 0.25) is 0 Å². The molecule has 1 aliphatic carbocycles. The summed E-state index contributed by atoms with van der Waals surface area (Å²) in [6, 6.07) is 6.69. The molecule has 1 aromatic rings. The van der Waals surface area contributed by atoms with E-state index in [2.05, 4.69) is 45.9 Å². The van der Waals surface area contributed by atoms with Crippen molar-refractivity contribution in [3.63, 3.8) is 0 Å². The third kappa shape index (κ3) is 4.06. The van der Waals surface area contributed by atoms with Crippen molar-refractivity contribution in [2.45, 2.75) is 89.9 Å². The van der Waals surface area contributed by atoms with Gasteiger partial charge in [0.25, 0.3) is 0 Å². The predicted molar refractivity (Wildman–Crippen MR) is 115 cm³/mol. The van der Waals surface area contributed by atoms with Crippen LogP contribution in [-0.4, -0.2) is 48.0 Å². The summed E-state index contributed by atoms with van der Waals surface area (Å²) in [4.78, 5) is 14.0. The summed E-state index contributed by atoms with van der Waals surface area (Å²) in [5.74, 6) is 0.971. The fourth-order valence-corrected chi connectivity index (χ4v) is 3.94. The zero-order valence-corrected chi connectivity index (χ0v) is 18.9. The summed E-state index contributed by atoms with van der Waals surface area (Å²) in [5.41, 5.74) is 2.70. The van der Waals surface area contributed by atoms with E-state index in [0.29, 0.717) is 11.8 Å². The Morgan fingerprint density at radius 2 is 1.66 bits per heavy atom. The average Bonchev–Trinajstić information content (AvgIpc) is 3.31. The molecule has 3 aliphatic rings. The Morgan fingerprint density at radius 1 is 1.07 bits per heavy atom. The van der Waals surface area contributed by atoms with Gasteiger partial charge in [-0.05, 0) is 83.8 Å². The Balaban J connectivity index is 1.48. The van der Waals surface area contributed by atoms with Crippen molar-refractivity contribution in [2.75, 3.05) is 13.1 Å². The third-order valence-corrected chi connectivity index (χ3v) is 6.64. The van der Waals surface area contributed by atoms with Crippen molar-refractivity contribution in [3.8, 4) is 0 Å². The maximum atomic E-state index is 12.2. The lowest BCUT2D eigenvalue weighted by Crippen LogP contribution is -2.50. The monoisotopic (exact) mass is 399 g/mol. The van der Waals surface area contributed by atoms with Gasteiger partial charge in [-0.1, -0.05) is 18.2 Å². The van der Waals surface area contributed by atoms with Gasteiger partial charge in [0.1, 0.15) is 5.60 Å². The minimum absolute atomic E-state index is 0.218. The maximum absolute atomic E-state index is 12.2. The molecule has 0 N–H and O–H groups in total. The van der Waals surface area contributed by atoms with Gasteiger partial charge in [0, 0.05) is 19.0 Å². The molecule has 29 heavy (non-hydrogen) atoms. The van der Waals surface area contributed by atoms with Crippen LogP contribution in [0.25, 0.3) is 0 Å². The van der Waals surface area contributed by atoms with Crippen LogP contribution in [-0.2, 0) is 14.0 Å². The van der Waals surface area contributed by atoms with Crippen LogP contribution in [0.5, 0.6) is 0 Å². The number of nitrogens with zero attached hydrogens (tertiary/aromatic N) is 1. The summed E-state index contributed by atoms with van der Waals surface area (Å²) in [6.45, 7) is 15.5. The summed E-state index contributed by atoms with van der Waals surface area (Å²) in [5, 5.41) is 0. The number of carbonyl (C=O) groups is 1. The normalized spacial score (nSPS) is 23.8. The Bertz CT molecular complexity index is 788. The second kappa shape index (κ2) is 6.74. The zero-order valence-electron chi connectivity index (χ0n) is 18.9. The molecule has 0 unspecified atom stereocenters. The Morgan fingerprint density at radius 3 is 2.17 bits per heavy atom. The molecule has 1 aromatic carbocycles. The molecule has 2 aliphatic heterocycles. The highest BCUT2D eigenvalue weighted by molar-refractivity contribution is 6.62. The van der Waals surface area contributed by atoms with E-state index in [4.69, 9.17) is 14.0 Å². The second-order valence-electron chi connectivity index (χ2n) is 10.8. The van der Waals surface area contributed by atoms with Crippen LogP contribution < -0.4 is 5.46 Å². The SMILES string of the molecule is CC(C)(C)OC(=O)N1CC(c2ccc(B3OC(C)(C)C(C)(C)O3)c(C3CC3)c2)C1. The first-order valence-corrected chi connectivity index (χ1v) is 10.8. The largest absolute Gasteiger partial charge is 0.495 e. The molecule has 2 saturated heterocycles. The number of likely N-dealkylation sites (tertiary alicyclic amines) is 1. The van der Waals surface area contributed by atoms with Gasteiger partial charge < -0.3 is 18.9 Å². The topological polar surface area (TPSA) is 48.0 Å². The van der Waals surface area contributed by atoms with Gasteiger partial charge in [0.05, 0.1) is 11.2 Å². The number of rotatable bonds is 3. The molecule has 0 aromatic heterocycles. The van der Waals surface area contributed by atoms with Crippen LogP contribution in [0.3, 0.4) is 0 Å². The zero-order chi connectivity index (χ0) is 21.2. The van der Waals surface area contributed by atoms with Crippen molar-refractivity contribution < 1.29 is 18.8 Å². The number of amides is 1. The number of hydrogen-bond acceptors (Lipinski definition) is 4. The van der Waals surface area contributed by atoms with E-state index < -0.39 is 5.60 Å². The first-order chi connectivity index (χ1) is 13.4. The van der Waals surface area contributed by atoms with Crippen LogP contribution in [0.15, 0.2) is 18.2 Å². The molecule has 0 radical (unpaired) electrons. The number of carbonyl (C=O) groups excluding carboxylic acids is 1. The van der Waals surface area contributed by atoms with Gasteiger partial charge >= 0.3 is 13.2 Å². The minimum Gasteiger partial charge on any atom is -0.444 e. The summed E-state index contributed by atoms with van der Waals surface area (Å²) >= 11 is 0. The van der Waals surface area contributed by atoms with Crippen LogP contribution in [0.4, 0.5) is 4.79 Å². The molecule has 0 atom stereocenters. The van der Waals surface area contributed by atoms with Crippen molar-refractivity contribution in [2.24, 2.45) is 0 Å². The lowest BCUT2D eigenvalue weighted by Gasteiger charge is -2.40. The predicted octanol–water partition coefficient (Wildman–Crippen LogP) is 4.20. The van der Waals surface area contributed by atoms with E-state index in [0.717, 1.165) is 13.1 Å². The standard InChI is InChI=1S/C23H34BNO4/c1-21(2,3)27-20(26)25-13-17(14-25)16-10-11-19(18(12-16)15-8-9-15)24-28-22(4,5)23(6,7)29-24/h10-12,15,17H,8-9,13-14H2,1-7H3. The van der Waals surface area contributed by atoms with E-state index in [1.54, 1.807) is 4.90 Å². The third-order valence-electron chi connectivity index (χ3n) is 6.64. The quantitative estimate of drug-likeness (QED) is 0.715. The minimum atomic E-state index is -0.453. The Hall–Kier alpha value is -1.53. The molecular formula is C23H34BNO4. The fraction of sp³-hybridized carbons (Fsp3) is 0.696. The first-order valence-electron chi connectivity index (χ1n) is 10.8. The van der Waals surface area contributed by atoms with Crippen molar-refractivity contribution in [1.82, 2.24) is 4.90 Å². The van der Waals surface area contributed by atoms with Crippen molar-refractivity contribution in [1.29, 1.82) is 0 Å². The summed E-state index contributed by atoms with van der Waals surface area (Å²) < 4.78 is 18.1. The van der Waals surface area contributed by atoms with E-state index in [9.17, 15) is 4.79 Å². The molecule has 2 heterocycles. The van der Waals surface area contributed by atoms with Crippen molar-refractivity contribution in [3.05, 3.63) is 29.3 Å². The highest BCUT2D eigenvalue weighted by Crippen LogP contribution is 2.43. The highest BCUT2D eigenvalue weighted by atomic mass is 16.7. The maximum Gasteiger partial charge on any atom is 0.495 e. The lowest BCUT2D eigenvalue weighted by molar-refractivity contribution is 0.00578. The number of ether oxygens (including phenoxy) is 1. The molecule has 0 bridgehead atoms. The molecule has 1 saturated carbocycles. The van der Waals surface area contributed by atoms with E-state index in [1.165, 1.54) is 29.4 Å². The molecule has 1 amide bonds. The molecule has 5 nitrogen and oxygen atoms in total. The van der Waals surface area contributed by atoms with Crippen LogP contribution >= 0.6 is 0 Å². The Kier molecular flexibility index (Phi) is 4.82. The molecule has 3 fully saturated rings. The number of benzene rings is 1. The summed E-state index contributed by atoms with van der Waals surface area (Å²) in [6.07, 6.45) is 2.24. The van der Waals surface area contributed by atoms with Crippen LogP contribution in [0, 0.1) is 0 Å². The fourth-order valence-electron chi connectivity index (χ4n) is 3.94. The Labute approximate surface area is 175 Å². The molecule has 0 spiro atoms. The van der Waals surface area contributed by atoms with Gasteiger partial charge in [-0.25, -0.2) is 4.79 Å². The molecule has 158 valence electrons. The van der Waals surface area contributed by atoms with E-state index in [1.807, 2.05) is 20.8 Å². The van der Waals surface area contributed by atoms with E-state index in [-0.39, 0.29) is 24.4 Å². The average molecular weight is 399 g/mol. The smallest absolute Gasteiger partial charge is 0.444 e. The van der Waals surface area contributed by atoms with Crippen LogP contribution in [0.1, 0.15) is 84.3 Å². The molecule has 6 heteroatoms. The molecule has 4 rings (SSSR count). The first kappa shape index (κ1) is 20.7. The van der Waals surface area contributed by atoms with E-state index >= 15 is 0 Å². The lowest BCUT2D eigenvalue weighted by atomic mass is 9.73. The summed E-state index contributed by atoms with van der Waals surface area (Å²) in [7, 11) is -0.315. The molecular weight excluding hydrogens is 365 g/mol.